The third kappa shape index (κ3) is 13.7. The predicted molar refractivity (Wildman–Crippen MR) is 346 cm³/mol. The van der Waals surface area contributed by atoms with Crippen LogP contribution in [0.25, 0.3) is 85.6 Å². The molecule has 2 fully saturated rings. The van der Waals surface area contributed by atoms with Gasteiger partial charge in [0.1, 0.15) is 17.1 Å². The van der Waals surface area contributed by atoms with E-state index in [0.29, 0.717) is 82.6 Å². The fourth-order valence-corrected chi connectivity index (χ4v) is 11.2. The first kappa shape index (κ1) is 60.8. The Balaban J connectivity index is 0.000000355. The summed E-state index contributed by atoms with van der Waals surface area (Å²) in [7, 11) is -6.65. The molecule has 4 N–H and O–H groups in total. The molecule has 2 saturated heterocycles. The largest absolute Gasteiger partial charge is 0.415 e. The van der Waals surface area contributed by atoms with Crippen LogP contribution in [0.1, 0.15) is 80.1 Å². The van der Waals surface area contributed by atoms with Crippen molar-refractivity contribution in [1.82, 2.24) is 60.5 Å². The van der Waals surface area contributed by atoms with E-state index in [4.69, 9.17) is 29.7 Å². The van der Waals surface area contributed by atoms with Gasteiger partial charge in [-0.15, -0.1) is 20.4 Å². The normalized spacial score (nSPS) is 13.9. The second kappa shape index (κ2) is 25.7. The molecule has 4 aromatic carbocycles. The number of allylic oxidation sites excluding steroid dienone is 1. The zero-order valence-electron chi connectivity index (χ0n) is 49.4. The molecule has 0 bridgehead atoms. The van der Waals surface area contributed by atoms with Crippen molar-refractivity contribution < 1.29 is 40.1 Å². The second-order valence-electron chi connectivity index (χ2n) is 21.7. The second-order valence-corrected chi connectivity index (χ2v) is 26.7. The number of hydrogen-bond donors (Lipinski definition) is 2. The lowest BCUT2D eigenvalue weighted by atomic mass is 10.1. The number of aromatic nitrogens is 12. The van der Waals surface area contributed by atoms with Crippen molar-refractivity contribution in [2.75, 3.05) is 36.0 Å². The van der Waals surface area contributed by atoms with E-state index in [-0.39, 0.29) is 37.8 Å². The Morgan fingerprint density at radius 1 is 0.506 bits per heavy atom. The highest BCUT2D eigenvalue weighted by Crippen LogP contribution is 2.32. The van der Waals surface area contributed by atoms with E-state index in [1.807, 2.05) is 92.1 Å². The van der Waals surface area contributed by atoms with Crippen molar-refractivity contribution >= 4 is 37.3 Å². The van der Waals surface area contributed by atoms with Crippen LogP contribution in [0.3, 0.4) is 0 Å². The molecule has 10 aromatic rings. The highest BCUT2D eigenvalue weighted by Gasteiger charge is 2.29. The van der Waals surface area contributed by atoms with Crippen molar-refractivity contribution in [2.45, 2.75) is 101 Å². The molecule has 87 heavy (non-hydrogen) atoms. The number of nitrogens with zero attached hydrogens (tertiary/aromatic N) is 14. The molecule has 25 heteroatoms. The third-order valence-corrected chi connectivity index (χ3v) is 19.0. The molecular weight excluding hydrogens is 1140 g/mol. The minimum Gasteiger partial charge on any atom is -0.415 e. The Kier molecular flexibility index (Phi) is 18.0. The number of benzene rings is 4. The SMILES string of the molecule is C=C(C)c1ccc(-c2cnc(C)c(-c3nnc(-c4ccccc4)o3)n2)cc1.Cc1ncc(-c2ccc(S(=O)(=O)C(C)C)cc2)nc1-c1nnc(N2CC(N)C2)o1.Cc1ncc(-c2ccc(S(=O)(=O)C(C)C)cc2)nc1-c1nnc(N2CCC(N)CC2)o1.[HH].[HH].[HH].[HH].[HH].[HH].[HH]. The van der Waals surface area contributed by atoms with Gasteiger partial charge >= 0.3 is 12.0 Å². The number of rotatable bonds is 14. The molecular formula is C62H80N16O7S2. The minimum absolute atomic E-state index is 0. The van der Waals surface area contributed by atoms with E-state index in [2.05, 4.69) is 62.1 Å². The molecule has 2 aliphatic heterocycles. The molecule has 0 aliphatic carbocycles. The number of nitrogens with two attached hydrogens (primary N) is 2. The maximum atomic E-state index is 12.3. The van der Waals surface area contributed by atoms with Crippen LogP contribution in [-0.2, 0) is 19.7 Å². The Morgan fingerprint density at radius 3 is 1.29 bits per heavy atom. The van der Waals surface area contributed by atoms with Crippen LogP contribution in [0.15, 0.2) is 151 Å². The lowest BCUT2D eigenvalue weighted by Gasteiger charge is -2.34. The third-order valence-electron chi connectivity index (χ3n) is 14.6. The number of piperidine rings is 1. The van der Waals surface area contributed by atoms with Crippen LogP contribution in [0.5, 0.6) is 0 Å². The fourth-order valence-electron chi connectivity index (χ4n) is 9.13. The van der Waals surface area contributed by atoms with E-state index < -0.39 is 30.2 Å². The summed E-state index contributed by atoms with van der Waals surface area (Å²) in [5, 5.41) is 23.9. The van der Waals surface area contributed by atoms with E-state index in [0.717, 1.165) is 70.7 Å². The summed E-state index contributed by atoms with van der Waals surface area (Å²) >= 11 is 0. The average Bonchev–Trinajstić information content (AvgIpc) is 1.41. The summed E-state index contributed by atoms with van der Waals surface area (Å²) in [4.78, 5) is 31.8. The van der Waals surface area contributed by atoms with Gasteiger partial charge in [-0.25, -0.2) is 31.8 Å². The number of anilines is 2. The van der Waals surface area contributed by atoms with E-state index in [9.17, 15) is 16.8 Å². The van der Waals surface area contributed by atoms with Crippen molar-refractivity contribution in [3.8, 4) is 80.0 Å². The van der Waals surface area contributed by atoms with E-state index >= 15 is 0 Å². The van der Waals surface area contributed by atoms with Gasteiger partial charge in [-0.05, 0) is 110 Å². The zero-order valence-corrected chi connectivity index (χ0v) is 51.0. The average molecular weight is 1230 g/mol. The summed E-state index contributed by atoms with van der Waals surface area (Å²) < 4.78 is 66.8. The standard InChI is InChI=1S/C22H18N4O.C21H26N6O3S.C19H22N6O3S.7H2/c1-14(2)16-9-11-17(12-10-16)19-13-23-15(3)20(24-19)22-26-25-21(27-22)18-7-5-4-6-8-18;1-13(2)31(28,29)17-6-4-15(5-7-17)18-12-23-14(3)19(24-18)20-25-26-21(30-20)27-10-8-16(22)9-11-27;1-11(2)29(26,27)15-6-4-13(5-7-15)16-8-21-12(3)17(22-16)18-23-24-19(28-18)25-9-14(20)10-25;;;;;;;/h4-13H,1H2,2-3H3;4-7,12-13,16H,8-11,22H2,1-3H3;4-8,11,14H,9-10,20H2,1-3H3;7*1H. The van der Waals surface area contributed by atoms with Gasteiger partial charge in [-0.2, -0.15) is 0 Å². The van der Waals surface area contributed by atoms with Crippen LogP contribution in [0.2, 0.25) is 0 Å². The van der Waals surface area contributed by atoms with E-state index in [1.54, 1.807) is 94.8 Å². The number of hydrogen-bond acceptors (Lipinski definition) is 23. The van der Waals surface area contributed by atoms with Crippen LogP contribution in [0, 0.1) is 20.8 Å². The molecule has 462 valence electrons. The van der Waals surface area contributed by atoms with Gasteiger partial charge in [0.2, 0.25) is 5.89 Å². The quantitative estimate of drug-likeness (QED) is 0.102. The van der Waals surface area contributed by atoms with Crippen LogP contribution < -0.4 is 21.3 Å². The monoisotopic (exact) mass is 1220 g/mol. The molecule has 0 atom stereocenters. The summed E-state index contributed by atoms with van der Waals surface area (Å²) in [6, 6.07) is 32.2. The summed E-state index contributed by atoms with van der Waals surface area (Å²) in [5.41, 5.74) is 22.8. The molecule has 12 rings (SSSR count). The Morgan fingerprint density at radius 2 is 0.885 bits per heavy atom. The molecule has 0 radical (unpaired) electrons. The van der Waals surface area contributed by atoms with Crippen LogP contribution >= 0.6 is 0 Å². The summed E-state index contributed by atoms with van der Waals surface area (Å²) in [6.45, 7) is 21.0. The number of sulfone groups is 2. The van der Waals surface area contributed by atoms with Crippen molar-refractivity contribution in [3.05, 3.63) is 151 Å². The van der Waals surface area contributed by atoms with Crippen LogP contribution in [0.4, 0.5) is 12.0 Å². The predicted octanol–water partition coefficient (Wildman–Crippen LogP) is 11.4. The van der Waals surface area contributed by atoms with Gasteiger partial charge in [0, 0.05) is 70.5 Å². The highest BCUT2D eigenvalue weighted by molar-refractivity contribution is 7.92. The molecule has 0 saturated carbocycles. The lowest BCUT2D eigenvalue weighted by Crippen LogP contribution is -2.56. The van der Waals surface area contributed by atoms with Gasteiger partial charge in [-0.1, -0.05) is 89.1 Å². The van der Waals surface area contributed by atoms with Gasteiger partial charge in [0.15, 0.2) is 19.7 Å². The number of aryl methyl sites for hydroxylation is 3. The first-order valence-electron chi connectivity index (χ1n) is 28.2. The van der Waals surface area contributed by atoms with E-state index in [1.165, 1.54) is 0 Å². The Labute approximate surface area is 514 Å². The first-order chi connectivity index (χ1) is 41.6. The van der Waals surface area contributed by atoms with Gasteiger partial charge < -0.3 is 34.5 Å². The lowest BCUT2D eigenvalue weighted by molar-refractivity contribution is 0.452. The Hall–Kier alpha value is -9.30. The molecule has 0 unspecified atom stereocenters. The minimum atomic E-state index is -3.33. The van der Waals surface area contributed by atoms with Gasteiger partial charge in [0.05, 0.1) is 73.0 Å². The molecule has 2 aliphatic rings. The molecule has 23 nitrogen and oxygen atoms in total. The zero-order chi connectivity index (χ0) is 61.7. The summed E-state index contributed by atoms with van der Waals surface area (Å²) in [6.07, 6.45) is 6.80. The van der Waals surface area contributed by atoms with Crippen molar-refractivity contribution in [3.63, 3.8) is 0 Å². The van der Waals surface area contributed by atoms with Crippen molar-refractivity contribution in [1.29, 1.82) is 0 Å². The molecule has 8 heterocycles. The molecule has 0 spiro atoms. The highest BCUT2D eigenvalue weighted by atomic mass is 32.2. The van der Waals surface area contributed by atoms with Gasteiger partial charge in [-0.3, -0.25) is 15.0 Å². The fraction of sp³-hybridized carbons (Fsp3) is 0.290. The van der Waals surface area contributed by atoms with Gasteiger partial charge in [0.25, 0.3) is 17.7 Å². The topological polar surface area (TPSA) is 321 Å². The first-order valence-corrected chi connectivity index (χ1v) is 31.3. The molecule has 0 amide bonds. The smallest absolute Gasteiger partial charge is 0.318 e. The maximum absolute atomic E-state index is 12.3. The van der Waals surface area contributed by atoms with Crippen molar-refractivity contribution in [2.24, 2.45) is 11.5 Å². The van der Waals surface area contributed by atoms with Crippen LogP contribution in [-0.4, -0.2) is 126 Å². The molecule has 6 aromatic heterocycles. The Bertz CT molecular complexity index is 4310. The summed E-state index contributed by atoms with van der Waals surface area (Å²) in [5.74, 6) is 1.41. The maximum Gasteiger partial charge on any atom is 0.318 e.